The Bertz CT molecular complexity index is 733. The zero-order valence-corrected chi connectivity index (χ0v) is 11.8. The molecule has 0 radical (unpaired) electrons. The van der Waals surface area contributed by atoms with Gasteiger partial charge in [0.2, 0.25) is 0 Å². The Morgan fingerprint density at radius 2 is 1.57 bits per heavy atom. The molecule has 23 heavy (non-hydrogen) atoms. The Morgan fingerprint density at radius 3 is 2.09 bits per heavy atom. The highest BCUT2D eigenvalue weighted by molar-refractivity contribution is 5.83. The normalized spacial score (nSPS) is 12.6. The van der Waals surface area contributed by atoms with Crippen LogP contribution >= 0.6 is 0 Å². The van der Waals surface area contributed by atoms with Crippen molar-refractivity contribution in [2.75, 3.05) is 0 Å². The van der Waals surface area contributed by atoms with Crippen LogP contribution in [0.2, 0.25) is 0 Å². The first-order valence-corrected chi connectivity index (χ1v) is 6.57. The number of hydrogen-bond donors (Lipinski definition) is 1. The van der Waals surface area contributed by atoms with Crippen molar-refractivity contribution < 1.29 is 23.1 Å². The van der Waals surface area contributed by atoms with Gasteiger partial charge >= 0.3 is 12.1 Å². The summed E-state index contributed by atoms with van der Waals surface area (Å²) in [5.41, 5.74) is 1.11. The highest BCUT2D eigenvalue weighted by Gasteiger charge is 2.30. The van der Waals surface area contributed by atoms with Gasteiger partial charge in [-0.15, -0.1) is 0 Å². The molecular formula is C17H12F3NO2. The second-order valence-corrected chi connectivity index (χ2v) is 4.59. The van der Waals surface area contributed by atoms with Gasteiger partial charge in [0, 0.05) is 18.5 Å². The van der Waals surface area contributed by atoms with E-state index < -0.39 is 17.7 Å². The number of carboxylic acid groups (broad SMARTS) is 1. The lowest BCUT2D eigenvalue weighted by Gasteiger charge is -2.10. The summed E-state index contributed by atoms with van der Waals surface area (Å²) in [4.78, 5) is 14.4. The summed E-state index contributed by atoms with van der Waals surface area (Å²) in [5, 5.41) is 8.64. The Labute approximate surface area is 130 Å². The van der Waals surface area contributed by atoms with Gasteiger partial charge in [-0.1, -0.05) is 24.3 Å². The van der Waals surface area contributed by atoms with Crippen LogP contribution in [0.5, 0.6) is 0 Å². The number of alkyl halides is 3. The summed E-state index contributed by atoms with van der Waals surface area (Å²) in [5.74, 6) is -1.11. The minimum atomic E-state index is -4.40. The van der Waals surface area contributed by atoms with Crippen molar-refractivity contribution in [1.29, 1.82) is 0 Å². The molecule has 0 atom stereocenters. The number of pyridine rings is 1. The monoisotopic (exact) mass is 319 g/mol. The third-order valence-electron chi connectivity index (χ3n) is 3.02. The van der Waals surface area contributed by atoms with E-state index in [1.165, 1.54) is 24.3 Å². The van der Waals surface area contributed by atoms with Crippen LogP contribution in [0.25, 0.3) is 5.57 Å². The first-order valence-electron chi connectivity index (χ1n) is 6.57. The van der Waals surface area contributed by atoms with Gasteiger partial charge in [0.05, 0.1) is 5.56 Å². The van der Waals surface area contributed by atoms with E-state index in [2.05, 4.69) is 4.98 Å². The number of benzene rings is 1. The lowest BCUT2D eigenvalue weighted by atomic mass is 9.97. The summed E-state index contributed by atoms with van der Waals surface area (Å²) in [7, 11) is 0. The highest BCUT2D eigenvalue weighted by Crippen LogP contribution is 2.31. The summed E-state index contributed by atoms with van der Waals surface area (Å²) >= 11 is 0. The molecule has 1 N–H and O–H groups in total. The summed E-state index contributed by atoms with van der Waals surface area (Å²) in [6.45, 7) is 0. The third kappa shape index (κ3) is 4.54. The highest BCUT2D eigenvalue weighted by atomic mass is 19.4. The van der Waals surface area contributed by atoms with Gasteiger partial charge in [0.25, 0.3) is 0 Å². The van der Waals surface area contributed by atoms with Crippen LogP contribution in [-0.4, -0.2) is 16.1 Å². The summed E-state index contributed by atoms with van der Waals surface area (Å²) < 4.78 is 37.9. The molecule has 0 bridgehead atoms. The summed E-state index contributed by atoms with van der Waals surface area (Å²) in [6.07, 6.45) is 2.51. The smallest absolute Gasteiger partial charge is 0.416 e. The van der Waals surface area contributed by atoms with E-state index in [1.807, 2.05) is 0 Å². The molecule has 3 nitrogen and oxygen atoms in total. The van der Waals surface area contributed by atoms with Gasteiger partial charge in [-0.3, -0.25) is 4.98 Å². The van der Waals surface area contributed by atoms with Crippen molar-refractivity contribution in [1.82, 2.24) is 4.98 Å². The Hall–Kier alpha value is -2.89. The third-order valence-corrected chi connectivity index (χ3v) is 3.02. The molecule has 118 valence electrons. The number of carboxylic acids is 1. The van der Waals surface area contributed by atoms with Gasteiger partial charge < -0.3 is 5.11 Å². The zero-order chi connectivity index (χ0) is 16.9. The van der Waals surface area contributed by atoms with E-state index in [9.17, 15) is 18.0 Å². The number of nitrogens with zero attached hydrogens (tertiary/aromatic N) is 1. The van der Waals surface area contributed by atoms with Crippen molar-refractivity contribution in [2.45, 2.75) is 6.18 Å². The number of allylic oxidation sites excluding steroid dienone is 2. The number of hydrogen-bond acceptors (Lipinski definition) is 2. The molecule has 2 aromatic rings. The SMILES string of the molecule is O=C(O)C=CC=C(c1ccncc1)c1ccc(C(F)(F)F)cc1. The fraction of sp³-hybridized carbons (Fsp3) is 0.0588. The lowest BCUT2D eigenvalue weighted by molar-refractivity contribution is -0.137. The molecule has 6 heteroatoms. The van der Waals surface area contributed by atoms with Crippen LogP contribution in [-0.2, 0) is 11.0 Å². The first kappa shape index (κ1) is 16.5. The van der Waals surface area contributed by atoms with E-state index in [-0.39, 0.29) is 0 Å². The van der Waals surface area contributed by atoms with Gasteiger partial charge in [-0.2, -0.15) is 13.2 Å². The van der Waals surface area contributed by atoms with Gasteiger partial charge in [-0.05, 0) is 41.0 Å². The molecule has 1 heterocycles. The van der Waals surface area contributed by atoms with E-state index in [0.29, 0.717) is 11.1 Å². The number of halogens is 3. The predicted molar refractivity (Wildman–Crippen MR) is 79.5 cm³/mol. The topological polar surface area (TPSA) is 50.2 Å². The average molecular weight is 319 g/mol. The van der Waals surface area contributed by atoms with Crippen LogP contribution in [0, 0.1) is 0 Å². The second kappa shape index (κ2) is 6.91. The minimum Gasteiger partial charge on any atom is -0.478 e. The molecular weight excluding hydrogens is 307 g/mol. The van der Waals surface area contributed by atoms with Crippen LogP contribution in [0.1, 0.15) is 16.7 Å². The van der Waals surface area contributed by atoms with Crippen LogP contribution < -0.4 is 0 Å². The van der Waals surface area contributed by atoms with E-state index in [4.69, 9.17) is 5.11 Å². The maximum absolute atomic E-state index is 12.6. The van der Waals surface area contributed by atoms with Crippen LogP contribution in [0.3, 0.4) is 0 Å². The summed E-state index contributed by atoms with van der Waals surface area (Å²) in [6, 6.07) is 8.07. The Morgan fingerprint density at radius 1 is 1.00 bits per heavy atom. The first-order chi connectivity index (χ1) is 10.9. The lowest BCUT2D eigenvalue weighted by Crippen LogP contribution is -2.04. The number of aromatic nitrogens is 1. The molecule has 0 unspecified atom stereocenters. The quantitative estimate of drug-likeness (QED) is 0.679. The average Bonchev–Trinajstić information content (AvgIpc) is 2.51. The molecule has 2 rings (SSSR count). The van der Waals surface area contributed by atoms with Crippen molar-refractivity contribution in [3.63, 3.8) is 0 Å². The van der Waals surface area contributed by atoms with Gasteiger partial charge in [-0.25, -0.2) is 4.79 Å². The molecule has 1 aromatic carbocycles. The molecule has 0 saturated carbocycles. The molecule has 0 aliphatic rings. The Balaban J connectivity index is 2.44. The molecule has 0 aliphatic heterocycles. The molecule has 0 amide bonds. The maximum atomic E-state index is 12.6. The number of aliphatic carboxylic acids is 1. The van der Waals surface area contributed by atoms with E-state index >= 15 is 0 Å². The van der Waals surface area contributed by atoms with Crippen LogP contribution in [0.15, 0.2) is 67.0 Å². The molecule has 0 saturated heterocycles. The number of rotatable bonds is 4. The van der Waals surface area contributed by atoms with Gasteiger partial charge in [0.1, 0.15) is 0 Å². The fourth-order valence-corrected chi connectivity index (χ4v) is 1.96. The van der Waals surface area contributed by atoms with Crippen molar-refractivity contribution in [3.05, 3.63) is 83.7 Å². The number of carbonyl (C=O) groups is 1. The van der Waals surface area contributed by atoms with Crippen molar-refractivity contribution >= 4 is 11.5 Å². The zero-order valence-electron chi connectivity index (χ0n) is 11.8. The predicted octanol–water partition coefficient (Wildman–Crippen LogP) is 4.17. The Kier molecular flexibility index (Phi) is 4.95. The largest absolute Gasteiger partial charge is 0.478 e. The van der Waals surface area contributed by atoms with Gasteiger partial charge in [0.15, 0.2) is 0 Å². The molecule has 0 spiro atoms. The second-order valence-electron chi connectivity index (χ2n) is 4.59. The standard InChI is InChI=1S/C17H12F3NO2/c18-17(19,20)14-6-4-12(5-7-14)15(2-1-3-16(22)23)13-8-10-21-11-9-13/h1-11H,(H,22,23). The fourth-order valence-electron chi connectivity index (χ4n) is 1.96. The van der Waals surface area contributed by atoms with Crippen molar-refractivity contribution in [3.8, 4) is 0 Å². The van der Waals surface area contributed by atoms with E-state index in [1.54, 1.807) is 24.5 Å². The minimum absolute atomic E-state index is 0.541. The van der Waals surface area contributed by atoms with E-state index in [0.717, 1.165) is 23.8 Å². The molecule has 1 aromatic heterocycles. The molecule has 0 aliphatic carbocycles. The maximum Gasteiger partial charge on any atom is 0.416 e. The van der Waals surface area contributed by atoms with Crippen molar-refractivity contribution in [2.24, 2.45) is 0 Å². The molecule has 0 fully saturated rings. The van der Waals surface area contributed by atoms with Crippen LogP contribution in [0.4, 0.5) is 13.2 Å².